The zero-order chi connectivity index (χ0) is 18.5. The number of aromatic nitrogens is 4. The molecule has 0 aliphatic carbocycles. The molecule has 4 atom stereocenters. The molecule has 25 heavy (non-hydrogen) atoms. The second kappa shape index (κ2) is 6.19. The van der Waals surface area contributed by atoms with E-state index in [0.29, 0.717) is 0 Å². The maximum absolute atomic E-state index is 12.5. The zero-order valence-electron chi connectivity index (χ0n) is 13.6. The first-order chi connectivity index (χ1) is 11.8. The molecule has 2 aromatic rings. The maximum atomic E-state index is 12.5. The summed E-state index contributed by atoms with van der Waals surface area (Å²) < 4.78 is 7.39. The molecule has 3 rings (SSSR count). The van der Waals surface area contributed by atoms with Gasteiger partial charge in [0.15, 0.2) is 17.4 Å². The molecule has 2 aromatic heterocycles. The quantitative estimate of drug-likeness (QED) is 0.492. The minimum absolute atomic E-state index is 0.00476. The molecule has 1 unspecified atom stereocenters. The lowest BCUT2D eigenvalue weighted by molar-refractivity contribution is -0.0511. The fourth-order valence-corrected chi connectivity index (χ4v) is 2.75. The number of hydrogen-bond acceptors (Lipinski definition) is 9. The number of nitrogens with two attached hydrogens (primary N) is 1. The normalized spacial score (nSPS) is 26.6. The third kappa shape index (κ3) is 2.61. The number of aliphatic hydroxyl groups is 3. The summed E-state index contributed by atoms with van der Waals surface area (Å²) in [5.74, 6) is -1.30. The predicted octanol–water partition coefficient (Wildman–Crippen LogP) is -1.92. The second-order valence-corrected chi connectivity index (χ2v) is 6.16. The third-order valence-corrected chi connectivity index (χ3v) is 4.13. The number of aliphatic hydroxyl groups excluding tert-OH is 3. The summed E-state index contributed by atoms with van der Waals surface area (Å²) >= 11 is 0. The van der Waals surface area contributed by atoms with E-state index in [0.717, 1.165) is 4.57 Å². The lowest BCUT2D eigenvalue weighted by atomic mass is 10.1. The summed E-state index contributed by atoms with van der Waals surface area (Å²) in [5, 5.41) is 29.1. The van der Waals surface area contributed by atoms with Crippen LogP contribution in [0.4, 0.5) is 5.95 Å². The number of carbonyl (C=O) groups is 1. The summed E-state index contributed by atoms with van der Waals surface area (Å²) in [5.41, 5.74) is 4.92. The lowest BCUT2D eigenvalue weighted by Gasteiger charge is -2.17. The van der Waals surface area contributed by atoms with E-state index in [-0.39, 0.29) is 17.1 Å². The van der Waals surface area contributed by atoms with Crippen molar-refractivity contribution in [2.75, 3.05) is 12.3 Å². The molecule has 0 bridgehead atoms. The molecule has 1 aliphatic heterocycles. The van der Waals surface area contributed by atoms with Crippen LogP contribution in [0.25, 0.3) is 11.2 Å². The van der Waals surface area contributed by atoms with E-state index < -0.39 is 48.5 Å². The second-order valence-electron chi connectivity index (χ2n) is 6.16. The summed E-state index contributed by atoms with van der Waals surface area (Å²) in [4.78, 5) is 32.7. The Labute approximate surface area is 141 Å². The van der Waals surface area contributed by atoms with E-state index in [1.165, 1.54) is 10.9 Å². The predicted molar refractivity (Wildman–Crippen MR) is 84.7 cm³/mol. The number of hydrogen-bond donors (Lipinski definition) is 4. The van der Waals surface area contributed by atoms with Crippen LogP contribution in [0, 0.1) is 5.92 Å². The van der Waals surface area contributed by atoms with Gasteiger partial charge in [-0.25, -0.2) is 9.55 Å². The molecule has 136 valence electrons. The Bertz CT molecular complexity index is 874. The van der Waals surface area contributed by atoms with E-state index in [4.69, 9.17) is 10.5 Å². The number of nitrogen functional groups attached to an aromatic ring is 1. The number of carbonyl (C=O) groups excluding carboxylic acids is 1. The highest BCUT2D eigenvalue weighted by Gasteiger charge is 2.44. The Balaban J connectivity index is 2.12. The van der Waals surface area contributed by atoms with Gasteiger partial charge in [-0.3, -0.25) is 14.2 Å². The van der Waals surface area contributed by atoms with Gasteiger partial charge < -0.3 is 25.8 Å². The Morgan fingerprint density at radius 1 is 1.40 bits per heavy atom. The van der Waals surface area contributed by atoms with Crippen molar-refractivity contribution in [1.82, 2.24) is 19.1 Å². The van der Waals surface area contributed by atoms with E-state index in [9.17, 15) is 24.9 Å². The Morgan fingerprint density at radius 2 is 2.08 bits per heavy atom. The summed E-state index contributed by atoms with van der Waals surface area (Å²) in [6, 6.07) is 0. The maximum Gasteiger partial charge on any atom is 0.289 e. The van der Waals surface area contributed by atoms with Gasteiger partial charge in [0.05, 0.1) is 12.9 Å². The molecule has 3 heterocycles. The molecular weight excluding hydrogens is 334 g/mol. The van der Waals surface area contributed by atoms with Crippen molar-refractivity contribution in [3.63, 3.8) is 0 Å². The summed E-state index contributed by atoms with van der Waals surface area (Å²) in [7, 11) is 0. The van der Waals surface area contributed by atoms with E-state index in [2.05, 4.69) is 9.97 Å². The van der Waals surface area contributed by atoms with Gasteiger partial charge in [-0.15, -0.1) is 0 Å². The highest BCUT2D eigenvalue weighted by Crippen LogP contribution is 2.30. The van der Waals surface area contributed by atoms with Crippen molar-refractivity contribution in [2.24, 2.45) is 5.92 Å². The van der Waals surface area contributed by atoms with Crippen molar-refractivity contribution in [1.29, 1.82) is 0 Å². The topological polar surface area (TPSA) is 166 Å². The highest BCUT2D eigenvalue weighted by atomic mass is 16.6. The third-order valence-electron chi connectivity index (χ3n) is 4.13. The van der Waals surface area contributed by atoms with Gasteiger partial charge in [-0.2, -0.15) is 4.98 Å². The molecular formula is C14H19N5O6. The van der Waals surface area contributed by atoms with Gasteiger partial charge >= 0.3 is 0 Å². The van der Waals surface area contributed by atoms with Gasteiger partial charge in [-0.05, 0) is 0 Å². The van der Waals surface area contributed by atoms with Crippen LogP contribution in [0.1, 0.15) is 24.9 Å². The van der Waals surface area contributed by atoms with E-state index >= 15 is 0 Å². The lowest BCUT2D eigenvalue weighted by Crippen LogP contribution is -2.34. The highest BCUT2D eigenvalue weighted by molar-refractivity contribution is 5.85. The van der Waals surface area contributed by atoms with Gasteiger partial charge in [-0.1, -0.05) is 13.8 Å². The van der Waals surface area contributed by atoms with Gasteiger partial charge in [0.1, 0.15) is 18.3 Å². The summed E-state index contributed by atoms with van der Waals surface area (Å²) in [6.07, 6.45) is -3.58. The number of fused-ring (bicyclic) bond motifs is 1. The number of imidazole rings is 1. The first-order valence-electron chi connectivity index (χ1n) is 7.69. The number of rotatable bonds is 3. The van der Waals surface area contributed by atoms with Crippen LogP contribution in [0.15, 0.2) is 11.1 Å². The monoisotopic (exact) mass is 353 g/mol. The van der Waals surface area contributed by atoms with Crippen molar-refractivity contribution < 1.29 is 24.9 Å². The largest absolute Gasteiger partial charge is 0.394 e. The van der Waals surface area contributed by atoms with Crippen LogP contribution < -0.4 is 11.3 Å². The van der Waals surface area contributed by atoms with Crippen LogP contribution in [0.2, 0.25) is 0 Å². The van der Waals surface area contributed by atoms with Gasteiger partial charge in [0.2, 0.25) is 11.9 Å². The first kappa shape index (κ1) is 17.5. The minimum atomic E-state index is -1.36. The number of anilines is 1. The van der Waals surface area contributed by atoms with E-state index in [1.807, 2.05) is 0 Å². The Morgan fingerprint density at radius 3 is 2.64 bits per heavy atom. The van der Waals surface area contributed by atoms with Crippen LogP contribution in [-0.2, 0) is 4.74 Å². The van der Waals surface area contributed by atoms with Crippen molar-refractivity contribution >= 4 is 23.0 Å². The van der Waals surface area contributed by atoms with Crippen molar-refractivity contribution in [2.45, 2.75) is 38.4 Å². The fraction of sp³-hybridized carbons (Fsp3) is 0.571. The standard InChI is InChI=1S/C14H19N5O6/c1-5(2)11(23)19-12(24)7-10(17-14(19)15)18(4-16-7)13-9(22)8(21)6(3-20)25-13/h4-6,8-9,13,20-22H,3H2,1-2H3,(H2,15,17)/t6-,8-,9-,13?/m1/s1. The van der Waals surface area contributed by atoms with Crippen LogP contribution in [-0.4, -0.2) is 65.2 Å². The Kier molecular flexibility index (Phi) is 4.33. The smallest absolute Gasteiger partial charge is 0.289 e. The minimum Gasteiger partial charge on any atom is -0.394 e. The zero-order valence-corrected chi connectivity index (χ0v) is 13.6. The Hall–Kier alpha value is -2.34. The molecule has 5 N–H and O–H groups in total. The molecule has 0 saturated carbocycles. The molecule has 0 radical (unpaired) electrons. The molecule has 11 heteroatoms. The average Bonchev–Trinajstić information content (AvgIpc) is 3.09. The fourth-order valence-electron chi connectivity index (χ4n) is 2.75. The van der Waals surface area contributed by atoms with E-state index in [1.54, 1.807) is 13.8 Å². The van der Waals surface area contributed by atoms with Crippen LogP contribution in [0.3, 0.4) is 0 Å². The number of nitrogens with zero attached hydrogens (tertiary/aromatic N) is 4. The average molecular weight is 353 g/mol. The van der Waals surface area contributed by atoms with Crippen LogP contribution in [0.5, 0.6) is 0 Å². The number of ether oxygens (including phenoxy) is 1. The molecule has 0 spiro atoms. The van der Waals surface area contributed by atoms with Gasteiger partial charge in [0, 0.05) is 5.92 Å². The van der Waals surface area contributed by atoms with Gasteiger partial charge in [0.25, 0.3) is 5.56 Å². The SMILES string of the molecule is CC(C)C(=O)n1c(N)nc2c(ncn2C2O[C@H](CO)[C@@H](O)[C@H]2O)c1=O. The molecule has 1 fully saturated rings. The molecule has 11 nitrogen and oxygen atoms in total. The van der Waals surface area contributed by atoms with Crippen molar-refractivity contribution in [3.05, 3.63) is 16.7 Å². The molecule has 1 aliphatic rings. The van der Waals surface area contributed by atoms with Crippen LogP contribution >= 0.6 is 0 Å². The molecule has 0 amide bonds. The molecule has 0 aromatic carbocycles. The van der Waals surface area contributed by atoms with Crippen molar-refractivity contribution in [3.8, 4) is 0 Å². The molecule has 1 saturated heterocycles. The summed E-state index contributed by atoms with van der Waals surface area (Å²) in [6.45, 7) is 2.75. The first-order valence-corrected chi connectivity index (χ1v) is 7.69.